The minimum Gasteiger partial charge on any atom is -0.496 e. The van der Waals surface area contributed by atoms with Gasteiger partial charge in [0.05, 0.1) is 56.9 Å². The molecule has 672 valence electrons. The summed E-state index contributed by atoms with van der Waals surface area (Å²) in [5.74, 6) is 5.84. The van der Waals surface area contributed by atoms with Gasteiger partial charge in [0.1, 0.15) is 46.0 Å². The Morgan fingerprint density at radius 3 is 0.279 bits per heavy atom. The molecule has 0 aliphatic heterocycles. The predicted octanol–water partition coefficient (Wildman–Crippen LogP) is 31.3. The first-order chi connectivity index (χ1) is 66.5. The number of ether oxygens (including phenoxy) is 8. The summed E-state index contributed by atoms with van der Waals surface area (Å²) in [7, 11) is 14.3. The van der Waals surface area contributed by atoms with E-state index in [2.05, 4.69) is 344 Å². The molecule has 17 rings (SSSR count). The minimum atomic E-state index is 0.393. The van der Waals surface area contributed by atoms with Crippen molar-refractivity contribution in [3.63, 3.8) is 0 Å². The summed E-state index contributed by atoms with van der Waals surface area (Å²) < 4.78 is 55.7. The zero-order valence-electron chi connectivity index (χ0n) is 78.9. The summed E-state index contributed by atoms with van der Waals surface area (Å²) >= 11 is 0. The van der Waals surface area contributed by atoms with E-state index in [0.29, 0.717) is 51.4 Å². The van der Waals surface area contributed by atoms with Gasteiger partial charge in [-0.25, -0.2) is 0 Å². The van der Waals surface area contributed by atoms with Crippen molar-refractivity contribution in [3.05, 3.63) is 477 Å². The van der Waals surface area contributed by atoms with Crippen LogP contribution in [0.4, 0.5) is 0 Å². The minimum absolute atomic E-state index is 0.393. The largest absolute Gasteiger partial charge is 0.496 e. The van der Waals surface area contributed by atoms with Gasteiger partial charge in [0.15, 0.2) is 0 Å². The van der Waals surface area contributed by atoms with Gasteiger partial charge in [-0.1, -0.05) is 295 Å². The van der Waals surface area contributed by atoms with E-state index in [9.17, 15) is 0 Å². The monoisotopic (exact) mass is 1780 g/mol. The number of hydrogen-bond acceptors (Lipinski definition) is 8. The lowest BCUT2D eigenvalue weighted by atomic mass is 9.86. The molecule has 0 saturated heterocycles. The van der Waals surface area contributed by atoms with E-state index < -0.39 is 0 Å². The molecule has 1 aliphatic rings. The topological polar surface area (TPSA) is 73.8 Å². The smallest absolute Gasteiger partial charge is 0.125 e. The van der Waals surface area contributed by atoms with Crippen molar-refractivity contribution in [2.75, 3.05) is 56.9 Å². The normalized spacial score (nSPS) is 11.8. The molecular formula is C128H112O8. The standard InChI is InChI=1S/C128H112O8/c1-17-81-25-41-89(42-26-81)97-57-105-73-107-59-98(90-43-27-82(18-2)28-44-90)61-109(122(107)130-10)75-111-63-100(92-47-31-84(20-4)32-48-92)65-113(124(111)132-12)77-115-67-102(94-51-35-86(22-6)36-52-94)69-117(126(115)134-14)79-119-71-104(96-55-39-88(24-8)40-56-96)72-120(128(119)136-16)80-118-70-103(95-53-37-87(23-7)38-54-95)68-116(127(118)135-15)78-114-66-101(93-49-33-85(21-5)34-50-93)64-112(125(114)133-13)76-110-62-99(91-45-29-83(19-3)30-46-91)60-108(123(110)131-11)74-106(58-97)121(105)129-9/h17-72H,1-8,73-80H2,9-16H3. The van der Waals surface area contributed by atoms with E-state index in [-0.39, 0.29) is 0 Å². The van der Waals surface area contributed by atoms with Crippen molar-refractivity contribution in [1.29, 1.82) is 0 Å². The second kappa shape index (κ2) is 41.3. The SMILES string of the molecule is C=Cc1ccc(-c2cc3c(OC)c(c2)Cc2cc(-c4ccc(C=C)cc4)cc(c2OC)Cc2cc(-c4ccc(C=C)cc4)cc(c2OC)Cc2cc(-c4ccc(C=C)cc4)cc(c2OC)Cc2cc(-c4ccc(C=C)cc4)cc(c2OC)Cc2cc(-c4ccc(C=C)cc4)cc(c2OC)Cc2cc(-c4ccc(C=C)cc4)cc(c2OC)Cc2cc(-c4ccc(C=C)cc4)cc(c2OC)C3)cc1. The van der Waals surface area contributed by atoms with E-state index in [1.807, 2.05) is 48.6 Å². The molecular weight excluding hydrogens is 1670 g/mol. The highest BCUT2D eigenvalue weighted by Gasteiger charge is 2.29. The van der Waals surface area contributed by atoms with Crippen LogP contribution in [-0.4, -0.2) is 56.9 Å². The molecule has 0 saturated carbocycles. The number of fused-ring (bicyclic) bond motifs is 16. The third-order valence-electron chi connectivity index (χ3n) is 26.5. The fourth-order valence-electron chi connectivity index (χ4n) is 19.7. The zero-order valence-corrected chi connectivity index (χ0v) is 78.9. The zero-order chi connectivity index (χ0) is 94.6. The van der Waals surface area contributed by atoms with Gasteiger partial charge in [-0.2, -0.15) is 0 Å². The molecule has 1 aliphatic carbocycles. The van der Waals surface area contributed by atoms with Crippen LogP contribution in [0.25, 0.3) is 138 Å². The lowest BCUT2D eigenvalue weighted by Gasteiger charge is -2.23. The van der Waals surface area contributed by atoms with Crippen molar-refractivity contribution < 1.29 is 37.9 Å². The Labute approximate surface area is 801 Å². The van der Waals surface area contributed by atoms with Gasteiger partial charge in [-0.15, -0.1) is 0 Å². The molecule has 0 amide bonds. The van der Waals surface area contributed by atoms with Crippen LogP contribution < -0.4 is 37.9 Å². The van der Waals surface area contributed by atoms with Crippen LogP contribution in [0.3, 0.4) is 0 Å². The predicted molar refractivity (Wildman–Crippen MR) is 571 cm³/mol. The van der Waals surface area contributed by atoms with Crippen LogP contribution in [0.2, 0.25) is 0 Å². The maximum Gasteiger partial charge on any atom is 0.125 e. The molecule has 0 heterocycles. The molecule has 0 fully saturated rings. The second-order valence-electron chi connectivity index (χ2n) is 34.6. The molecule has 0 spiro atoms. The molecule has 8 nitrogen and oxygen atoms in total. The average molecular weight is 1780 g/mol. The fourth-order valence-corrected chi connectivity index (χ4v) is 19.7. The molecule has 8 heteroatoms. The van der Waals surface area contributed by atoms with E-state index >= 15 is 0 Å². The van der Waals surface area contributed by atoms with Gasteiger partial charge in [0.25, 0.3) is 0 Å². The van der Waals surface area contributed by atoms with Gasteiger partial charge in [-0.05, 0) is 320 Å². The van der Waals surface area contributed by atoms with Crippen molar-refractivity contribution in [2.24, 2.45) is 0 Å². The first-order valence-electron chi connectivity index (χ1n) is 45.9. The van der Waals surface area contributed by atoms with E-state index in [0.717, 1.165) is 269 Å². The first-order valence-corrected chi connectivity index (χ1v) is 45.9. The Morgan fingerprint density at radius 2 is 0.213 bits per heavy atom. The van der Waals surface area contributed by atoms with Crippen LogP contribution >= 0.6 is 0 Å². The van der Waals surface area contributed by atoms with Crippen molar-refractivity contribution >= 4 is 48.6 Å². The number of benzene rings is 16. The van der Waals surface area contributed by atoms with Crippen molar-refractivity contribution in [2.45, 2.75) is 51.4 Å². The third kappa shape index (κ3) is 19.4. The van der Waals surface area contributed by atoms with Crippen molar-refractivity contribution in [1.82, 2.24) is 0 Å². The third-order valence-corrected chi connectivity index (χ3v) is 26.5. The van der Waals surface area contributed by atoms with E-state index in [1.54, 1.807) is 56.9 Å². The van der Waals surface area contributed by atoms with Crippen molar-refractivity contribution in [3.8, 4) is 135 Å². The summed E-state index contributed by atoms with van der Waals surface area (Å²) in [4.78, 5) is 0. The molecule has 16 aromatic rings. The van der Waals surface area contributed by atoms with Crippen LogP contribution in [-0.2, 0) is 51.4 Å². The molecule has 0 N–H and O–H groups in total. The van der Waals surface area contributed by atoms with Gasteiger partial charge in [-0.3, -0.25) is 0 Å². The number of hydrogen-bond donors (Lipinski definition) is 0. The molecule has 0 unspecified atom stereocenters. The quantitative estimate of drug-likeness (QED) is 0.0592. The van der Waals surface area contributed by atoms with Crippen LogP contribution in [0.1, 0.15) is 134 Å². The Kier molecular flexibility index (Phi) is 27.9. The van der Waals surface area contributed by atoms with Gasteiger partial charge in [0.2, 0.25) is 0 Å². The highest BCUT2D eigenvalue weighted by Crippen LogP contribution is 2.49. The summed E-state index contributed by atoms with van der Waals surface area (Å²) in [6.45, 7) is 33.3. The Balaban J connectivity index is 0.967. The molecule has 0 aromatic heterocycles. The summed E-state index contributed by atoms with van der Waals surface area (Å²) in [6, 6.07) is 105. The molecule has 16 bridgehead atoms. The lowest BCUT2D eigenvalue weighted by molar-refractivity contribution is 0.396. The van der Waals surface area contributed by atoms with Crippen LogP contribution in [0.5, 0.6) is 46.0 Å². The summed E-state index contributed by atoms with van der Waals surface area (Å²) in [5, 5.41) is 0. The Hall–Kier alpha value is -16.2. The number of rotatable bonds is 24. The lowest BCUT2D eigenvalue weighted by Crippen LogP contribution is -2.08. The first kappa shape index (κ1) is 91.7. The maximum absolute atomic E-state index is 6.97. The van der Waals surface area contributed by atoms with Crippen LogP contribution in [0, 0.1) is 0 Å². The average Bonchev–Trinajstić information content (AvgIpc) is 0.767. The maximum atomic E-state index is 6.97. The number of methoxy groups -OCH3 is 8. The van der Waals surface area contributed by atoms with Crippen LogP contribution in [0.15, 0.2) is 344 Å². The molecule has 0 radical (unpaired) electrons. The molecule has 16 aromatic carbocycles. The van der Waals surface area contributed by atoms with E-state index in [1.165, 1.54) is 0 Å². The second-order valence-corrected chi connectivity index (χ2v) is 34.6. The van der Waals surface area contributed by atoms with Gasteiger partial charge < -0.3 is 37.9 Å². The highest BCUT2D eigenvalue weighted by molar-refractivity contribution is 5.81. The van der Waals surface area contributed by atoms with Gasteiger partial charge in [0, 0.05) is 51.4 Å². The Morgan fingerprint density at radius 1 is 0.132 bits per heavy atom. The summed E-state index contributed by atoms with van der Waals surface area (Å²) in [5.41, 5.74) is 39.5. The molecule has 0 atom stereocenters. The Bertz CT molecular complexity index is 5760. The fraction of sp³-hybridized carbons (Fsp3) is 0.125. The highest BCUT2D eigenvalue weighted by atomic mass is 16.5. The van der Waals surface area contributed by atoms with Gasteiger partial charge >= 0.3 is 0 Å². The summed E-state index contributed by atoms with van der Waals surface area (Å²) in [6.07, 6.45) is 18.2. The van der Waals surface area contributed by atoms with E-state index in [4.69, 9.17) is 37.9 Å². The molecule has 136 heavy (non-hydrogen) atoms.